The lowest BCUT2D eigenvalue weighted by molar-refractivity contribution is -0.143. The third kappa shape index (κ3) is 6.34. The van der Waals surface area contributed by atoms with Crippen LogP contribution in [0.2, 0.25) is 0 Å². The monoisotopic (exact) mass is 559 g/mol. The molecule has 39 heavy (non-hydrogen) atoms. The summed E-state index contributed by atoms with van der Waals surface area (Å²) in [6.45, 7) is 4.14. The largest absolute Gasteiger partial charge is 0.416 e. The van der Waals surface area contributed by atoms with E-state index in [1.807, 2.05) is 0 Å². The Bertz CT molecular complexity index is 1160. The average Bonchev–Trinajstić information content (AvgIpc) is 3.23. The number of halogens is 7. The van der Waals surface area contributed by atoms with Gasteiger partial charge in [0.1, 0.15) is 5.82 Å². The van der Waals surface area contributed by atoms with Crippen molar-refractivity contribution in [1.29, 1.82) is 0 Å². The van der Waals surface area contributed by atoms with Crippen molar-refractivity contribution in [1.82, 2.24) is 15.1 Å². The Balaban J connectivity index is 1.63. The number of nitrogens with one attached hydrogen (secondary N) is 1. The van der Waals surface area contributed by atoms with Crippen LogP contribution in [-0.4, -0.2) is 42.0 Å². The molecule has 1 saturated heterocycles. The highest BCUT2D eigenvalue weighted by Crippen LogP contribution is 2.42. The first-order valence-electron chi connectivity index (χ1n) is 13.0. The van der Waals surface area contributed by atoms with Gasteiger partial charge in [0.25, 0.3) is 0 Å². The van der Waals surface area contributed by atoms with Gasteiger partial charge in [-0.05, 0) is 86.1 Å². The Morgan fingerprint density at radius 2 is 1.64 bits per heavy atom. The fraction of sp³-hybridized carbons (Fsp3) is 0.536. The molecule has 2 aliphatic rings. The van der Waals surface area contributed by atoms with E-state index >= 15 is 0 Å². The summed E-state index contributed by atoms with van der Waals surface area (Å²) in [5, 5.41) is 3.53. The van der Waals surface area contributed by atoms with Crippen LogP contribution in [0.25, 0.3) is 0 Å². The molecule has 0 spiro atoms. The van der Waals surface area contributed by atoms with Crippen LogP contribution < -0.4 is 5.32 Å². The number of carbonyl (C=O) groups excluding carboxylic acids is 1. The van der Waals surface area contributed by atoms with Crippen LogP contribution >= 0.6 is 0 Å². The molecule has 1 saturated carbocycles. The Labute approximate surface area is 223 Å². The summed E-state index contributed by atoms with van der Waals surface area (Å²) in [5.74, 6) is -0.403. The number of hydrogen-bond donors (Lipinski definition) is 1. The van der Waals surface area contributed by atoms with E-state index in [4.69, 9.17) is 0 Å². The lowest BCUT2D eigenvalue weighted by Gasteiger charge is -2.36. The minimum Gasteiger partial charge on any atom is -0.321 e. The normalized spacial score (nSPS) is 21.1. The second-order valence-corrected chi connectivity index (χ2v) is 10.6. The molecule has 1 N–H and O–H groups in total. The Morgan fingerprint density at radius 3 is 2.15 bits per heavy atom. The second kappa shape index (κ2) is 11.0. The first-order valence-corrected chi connectivity index (χ1v) is 13.0. The fourth-order valence-corrected chi connectivity index (χ4v) is 5.42. The summed E-state index contributed by atoms with van der Waals surface area (Å²) in [4.78, 5) is 16.5. The van der Waals surface area contributed by atoms with E-state index in [0.717, 1.165) is 24.8 Å². The van der Waals surface area contributed by atoms with Crippen molar-refractivity contribution in [2.75, 3.05) is 20.1 Å². The van der Waals surface area contributed by atoms with Crippen molar-refractivity contribution >= 4 is 6.03 Å². The predicted molar refractivity (Wildman–Crippen MR) is 132 cm³/mol. The molecule has 0 aromatic heterocycles. The summed E-state index contributed by atoms with van der Waals surface area (Å²) < 4.78 is 94.4. The maximum atomic E-state index is 13.9. The average molecular weight is 560 g/mol. The van der Waals surface area contributed by atoms with Crippen molar-refractivity contribution in [3.8, 4) is 0 Å². The molecule has 2 amide bonds. The summed E-state index contributed by atoms with van der Waals surface area (Å²) in [5.41, 5.74) is -1.70. The molecule has 2 fully saturated rings. The molecule has 3 atom stereocenters. The van der Waals surface area contributed by atoms with Crippen molar-refractivity contribution in [2.45, 2.75) is 70.0 Å². The van der Waals surface area contributed by atoms with E-state index in [1.54, 1.807) is 17.9 Å². The molecule has 11 heteroatoms. The number of nitrogens with zero attached hydrogens (tertiary/aromatic N) is 2. The minimum absolute atomic E-state index is 0.00723. The predicted octanol–water partition coefficient (Wildman–Crippen LogP) is 7.49. The minimum atomic E-state index is -4.99. The summed E-state index contributed by atoms with van der Waals surface area (Å²) in [6.07, 6.45) is -6.02. The number of likely N-dealkylation sites (tertiary alicyclic amines) is 1. The van der Waals surface area contributed by atoms with Crippen LogP contribution in [0.15, 0.2) is 36.4 Å². The fourth-order valence-electron chi connectivity index (χ4n) is 5.42. The summed E-state index contributed by atoms with van der Waals surface area (Å²) in [7, 11) is 1.37. The highest BCUT2D eigenvalue weighted by molar-refractivity contribution is 5.76. The van der Waals surface area contributed by atoms with Gasteiger partial charge in [0, 0.05) is 26.2 Å². The van der Waals surface area contributed by atoms with Crippen LogP contribution in [0.5, 0.6) is 0 Å². The number of aryl methyl sites for hydroxylation is 1. The number of urea groups is 1. The van der Waals surface area contributed by atoms with E-state index in [-0.39, 0.29) is 17.5 Å². The van der Waals surface area contributed by atoms with Crippen molar-refractivity contribution in [3.63, 3.8) is 0 Å². The first-order chi connectivity index (χ1) is 18.2. The van der Waals surface area contributed by atoms with E-state index in [1.165, 1.54) is 31.0 Å². The first kappa shape index (κ1) is 29.2. The number of carbonyl (C=O) groups is 1. The van der Waals surface area contributed by atoms with Gasteiger partial charge in [-0.2, -0.15) is 26.3 Å². The quantitative estimate of drug-likeness (QED) is 0.373. The van der Waals surface area contributed by atoms with Gasteiger partial charge < -0.3 is 15.1 Å². The molecule has 2 aromatic rings. The molecule has 0 bridgehead atoms. The van der Waals surface area contributed by atoms with E-state index < -0.39 is 47.4 Å². The van der Waals surface area contributed by atoms with Gasteiger partial charge in [0.2, 0.25) is 0 Å². The molecule has 0 unspecified atom stereocenters. The van der Waals surface area contributed by atoms with Crippen LogP contribution in [-0.2, 0) is 12.4 Å². The molecule has 1 heterocycles. The van der Waals surface area contributed by atoms with Gasteiger partial charge in [-0.3, -0.25) is 0 Å². The number of alkyl halides is 6. The van der Waals surface area contributed by atoms with Crippen LogP contribution in [0.3, 0.4) is 0 Å². The number of rotatable bonds is 6. The van der Waals surface area contributed by atoms with Crippen LogP contribution in [0, 0.1) is 18.7 Å². The Morgan fingerprint density at radius 1 is 1.03 bits per heavy atom. The zero-order chi connectivity index (χ0) is 28.7. The molecule has 4 rings (SSSR count). The number of hydrogen-bond acceptors (Lipinski definition) is 2. The third-order valence-electron chi connectivity index (χ3n) is 8.07. The standard InChI is InChI=1S/C28H32F7N3O/c1-16-11-22(29)7-8-24(16)25-18(15-36-23-5-4-6-23)9-10-38(25)26(39)37(3)17(2)19-12-20(27(30,31)32)14-21(13-19)28(33,34)35/h7-8,11-14,17-18,23,25,36H,4-6,9-10,15H2,1-3H3/t17-,18+,25-/m1/s1. The lowest BCUT2D eigenvalue weighted by atomic mass is 9.88. The molecule has 4 nitrogen and oxygen atoms in total. The number of benzene rings is 2. The van der Waals surface area contributed by atoms with Crippen LogP contribution in [0.4, 0.5) is 35.5 Å². The zero-order valence-corrected chi connectivity index (χ0v) is 22.0. The van der Waals surface area contributed by atoms with Crippen LogP contribution in [0.1, 0.15) is 72.5 Å². The second-order valence-electron chi connectivity index (χ2n) is 10.6. The van der Waals surface area contributed by atoms with Gasteiger partial charge >= 0.3 is 18.4 Å². The molecular formula is C28H32F7N3O. The zero-order valence-electron chi connectivity index (χ0n) is 22.0. The van der Waals surface area contributed by atoms with Crippen molar-refractivity contribution in [3.05, 3.63) is 70.0 Å². The molecule has 1 aliphatic carbocycles. The summed E-state index contributed by atoms with van der Waals surface area (Å²) in [6, 6.07) is 4.13. The van der Waals surface area contributed by atoms with E-state index in [2.05, 4.69) is 5.32 Å². The number of amides is 2. The molecule has 214 valence electrons. The van der Waals surface area contributed by atoms with Gasteiger partial charge in [-0.1, -0.05) is 12.5 Å². The van der Waals surface area contributed by atoms with Gasteiger partial charge in [0.15, 0.2) is 0 Å². The van der Waals surface area contributed by atoms with Crippen molar-refractivity contribution < 1.29 is 35.5 Å². The highest BCUT2D eigenvalue weighted by Gasteiger charge is 2.42. The molecule has 0 radical (unpaired) electrons. The van der Waals surface area contributed by atoms with Gasteiger partial charge in [0.05, 0.1) is 23.2 Å². The van der Waals surface area contributed by atoms with Gasteiger partial charge in [-0.25, -0.2) is 9.18 Å². The molecule has 1 aliphatic heterocycles. The lowest BCUT2D eigenvalue weighted by Crippen LogP contribution is -2.44. The summed E-state index contributed by atoms with van der Waals surface area (Å²) >= 11 is 0. The smallest absolute Gasteiger partial charge is 0.321 e. The van der Waals surface area contributed by atoms with E-state index in [9.17, 15) is 35.5 Å². The Kier molecular flexibility index (Phi) is 8.21. The topological polar surface area (TPSA) is 35.6 Å². The van der Waals surface area contributed by atoms with Gasteiger partial charge in [-0.15, -0.1) is 0 Å². The molecular weight excluding hydrogens is 527 g/mol. The SMILES string of the molecule is Cc1cc(F)ccc1[C@H]1[C@H](CNC2CCC2)CCN1C(=O)N(C)[C@H](C)c1cc(C(F)(F)F)cc(C(F)(F)F)c1. The third-order valence-corrected chi connectivity index (χ3v) is 8.07. The Hall–Kier alpha value is -2.82. The maximum absolute atomic E-state index is 13.9. The van der Waals surface area contributed by atoms with E-state index in [0.29, 0.717) is 43.2 Å². The van der Waals surface area contributed by atoms with Crippen molar-refractivity contribution in [2.24, 2.45) is 5.92 Å². The molecule has 2 aromatic carbocycles. The highest BCUT2D eigenvalue weighted by atomic mass is 19.4. The maximum Gasteiger partial charge on any atom is 0.416 e.